The van der Waals surface area contributed by atoms with E-state index >= 15 is 0 Å². The molecule has 1 aliphatic heterocycles. The van der Waals surface area contributed by atoms with Crippen molar-refractivity contribution < 1.29 is 14.7 Å². The van der Waals surface area contributed by atoms with Gasteiger partial charge in [-0.15, -0.1) is 5.10 Å². The van der Waals surface area contributed by atoms with Gasteiger partial charge in [0.05, 0.1) is 0 Å². The number of rotatable bonds is 4. The summed E-state index contributed by atoms with van der Waals surface area (Å²) in [4.78, 5) is 24.4. The minimum absolute atomic E-state index is 0.0227. The fraction of sp³-hybridized carbons (Fsp3) is 0.143. The van der Waals surface area contributed by atoms with Gasteiger partial charge < -0.3 is 15.7 Å². The van der Waals surface area contributed by atoms with E-state index in [9.17, 15) is 14.7 Å². The van der Waals surface area contributed by atoms with Crippen LogP contribution in [0.2, 0.25) is 0 Å². The summed E-state index contributed by atoms with van der Waals surface area (Å²) in [7, 11) is 0. The number of fused-ring (bicyclic) bond motifs is 1. The molecule has 1 atom stereocenters. The number of amides is 1. The molecule has 4 rings (SSSR count). The van der Waals surface area contributed by atoms with E-state index in [4.69, 9.17) is 0 Å². The van der Waals surface area contributed by atoms with E-state index in [0.29, 0.717) is 5.69 Å². The Kier molecular flexibility index (Phi) is 4.59. The lowest BCUT2D eigenvalue weighted by molar-refractivity contribution is -0.132. The number of anilines is 2. The molecule has 1 aliphatic rings. The molecule has 0 saturated carbocycles. The number of carbonyl (C=O) groups excluding carboxylic acids is 1. The third-order valence-electron chi connectivity index (χ3n) is 4.71. The van der Waals surface area contributed by atoms with Crippen LogP contribution in [0.25, 0.3) is 0 Å². The summed E-state index contributed by atoms with van der Waals surface area (Å²) in [5.74, 6) is -1.36. The largest absolute Gasteiger partial charge is 0.477 e. The molecule has 0 aliphatic carbocycles. The molecule has 0 fully saturated rings. The van der Waals surface area contributed by atoms with Gasteiger partial charge in [0.1, 0.15) is 11.7 Å². The highest BCUT2D eigenvalue weighted by Crippen LogP contribution is 2.31. The molecule has 0 radical (unpaired) electrons. The number of aryl methyl sites for hydroxylation is 2. The maximum absolute atomic E-state index is 12.8. The van der Waals surface area contributed by atoms with Crippen molar-refractivity contribution in [3.63, 3.8) is 0 Å². The minimum Gasteiger partial charge on any atom is -0.477 e. The van der Waals surface area contributed by atoms with Gasteiger partial charge >= 0.3 is 5.97 Å². The molecule has 0 unspecified atom stereocenters. The van der Waals surface area contributed by atoms with Crippen molar-refractivity contribution in [3.05, 3.63) is 82.7 Å². The van der Waals surface area contributed by atoms with Gasteiger partial charge in [0, 0.05) is 5.69 Å². The normalized spacial score (nSPS) is 15.1. The van der Waals surface area contributed by atoms with Crippen molar-refractivity contribution in [1.82, 2.24) is 15.0 Å². The number of aliphatic carboxylic acids is 1. The first-order chi connectivity index (χ1) is 13.9. The van der Waals surface area contributed by atoms with Crippen LogP contribution in [0.5, 0.6) is 0 Å². The first-order valence-electron chi connectivity index (χ1n) is 9.04. The molecule has 146 valence electrons. The summed E-state index contributed by atoms with van der Waals surface area (Å²) in [6, 6.07) is 14.5. The number of allylic oxidation sites excluding steroid dienone is 1. The predicted octanol–water partition coefficient (Wildman–Crippen LogP) is 3.13. The zero-order valence-corrected chi connectivity index (χ0v) is 15.9. The predicted molar refractivity (Wildman–Crippen MR) is 108 cm³/mol. The third-order valence-corrected chi connectivity index (χ3v) is 4.71. The summed E-state index contributed by atoms with van der Waals surface area (Å²) < 4.78 is 1.52. The fourth-order valence-electron chi connectivity index (χ4n) is 3.11. The van der Waals surface area contributed by atoms with Crippen LogP contribution in [0.3, 0.4) is 0 Å². The standard InChI is InChI=1S/C21H19N5O3/c1-12-3-7-14(8-4-12)17-11-16(21(28)29)23-19-18(24-25-26(17)19)20(27)22-15-9-5-13(2)6-10-15/h3-11,17,23H,1-2H3,(H,22,27)(H,28,29)/t17-/m1/s1. The lowest BCUT2D eigenvalue weighted by atomic mass is 10.0. The molecule has 0 bridgehead atoms. The van der Waals surface area contributed by atoms with Gasteiger partial charge in [-0.25, -0.2) is 9.48 Å². The molecule has 3 aromatic rings. The van der Waals surface area contributed by atoms with Gasteiger partial charge in [0.25, 0.3) is 5.91 Å². The highest BCUT2D eigenvalue weighted by Gasteiger charge is 2.30. The molecule has 3 N–H and O–H groups in total. The lowest BCUT2D eigenvalue weighted by Gasteiger charge is -2.23. The summed E-state index contributed by atoms with van der Waals surface area (Å²) in [6.45, 7) is 3.93. The van der Waals surface area contributed by atoms with Gasteiger partial charge in [-0.1, -0.05) is 52.7 Å². The van der Waals surface area contributed by atoms with Crippen molar-refractivity contribution in [2.75, 3.05) is 10.6 Å². The van der Waals surface area contributed by atoms with Crippen LogP contribution in [0.4, 0.5) is 11.5 Å². The van der Waals surface area contributed by atoms with Gasteiger partial charge in [-0.3, -0.25) is 4.79 Å². The fourth-order valence-corrected chi connectivity index (χ4v) is 3.11. The third kappa shape index (κ3) is 3.60. The first kappa shape index (κ1) is 18.4. The zero-order valence-electron chi connectivity index (χ0n) is 15.9. The van der Waals surface area contributed by atoms with E-state index in [1.165, 1.54) is 4.68 Å². The maximum Gasteiger partial charge on any atom is 0.352 e. The SMILES string of the molecule is Cc1ccc(NC(=O)c2nnn3c2NC(C(=O)O)=C[C@@H]3c2ccc(C)cc2)cc1. The molecule has 29 heavy (non-hydrogen) atoms. The second-order valence-corrected chi connectivity index (χ2v) is 6.92. The molecule has 1 amide bonds. The number of carboxylic acid groups (broad SMARTS) is 1. The Bertz CT molecular complexity index is 1110. The molecule has 0 spiro atoms. The molecular weight excluding hydrogens is 370 g/mol. The topological polar surface area (TPSA) is 109 Å². The quantitative estimate of drug-likeness (QED) is 0.633. The van der Waals surface area contributed by atoms with Crippen molar-refractivity contribution in [2.24, 2.45) is 0 Å². The molecule has 1 aromatic heterocycles. The van der Waals surface area contributed by atoms with Crippen LogP contribution in [0.1, 0.15) is 33.2 Å². The summed E-state index contributed by atoms with van der Waals surface area (Å²) in [6.07, 6.45) is 1.55. The highest BCUT2D eigenvalue weighted by atomic mass is 16.4. The number of hydrogen-bond acceptors (Lipinski definition) is 5. The first-order valence-corrected chi connectivity index (χ1v) is 9.04. The monoisotopic (exact) mass is 389 g/mol. The van der Waals surface area contributed by atoms with Crippen LogP contribution in [0.15, 0.2) is 60.3 Å². The average molecular weight is 389 g/mol. The Hall–Kier alpha value is -3.94. The van der Waals surface area contributed by atoms with Crippen molar-refractivity contribution in [3.8, 4) is 0 Å². The molecular formula is C21H19N5O3. The Morgan fingerprint density at radius 1 is 1.03 bits per heavy atom. The van der Waals surface area contributed by atoms with Gasteiger partial charge in [-0.05, 0) is 37.6 Å². The second kappa shape index (κ2) is 7.23. The van der Waals surface area contributed by atoms with Crippen molar-refractivity contribution in [2.45, 2.75) is 19.9 Å². The molecule has 8 nitrogen and oxygen atoms in total. The Morgan fingerprint density at radius 3 is 2.28 bits per heavy atom. The molecule has 0 saturated heterocycles. The Morgan fingerprint density at radius 2 is 1.66 bits per heavy atom. The minimum atomic E-state index is -1.13. The Balaban J connectivity index is 1.70. The summed E-state index contributed by atoms with van der Waals surface area (Å²) in [5, 5.41) is 23.2. The molecule has 2 aromatic carbocycles. The molecule has 2 heterocycles. The maximum atomic E-state index is 12.8. The van der Waals surface area contributed by atoms with Gasteiger partial charge in [0.15, 0.2) is 11.5 Å². The van der Waals surface area contributed by atoms with Crippen molar-refractivity contribution >= 4 is 23.4 Å². The number of carboxylic acids is 1. The van der Waals surface area contributed by atoms with E-state index < -0.39 is 17.9 Å². The number of carbonyl (C=O) groups is 2. The van der Waals surface area contributed by atoms with Crippen LogP contribution in [-0.4, -0.2) is 32.0 Å². The van der Waals surface area contributed by atoms with E-state index in [1.807, 2.05) is 50.2 Å². The van der Waals surface area contributed by atoms with E-state index in [2.05, 4.69) is 20.9 Å². The summed E-state index contributed by atoms with van der Waals surface area (Å²) >= 11 is 0. The van der Waals surface area contributed by atoms with Gasteiger partial charge in [-0.2, -0.15) is 0 Å². The van der Waals surface area contributed by atoms with E-state index in [-0.39, 0.29) is 17.2 Å². The van der Waals surface area contributed by atoms with E-state index in [1.54, 1.807) is 18.2 Å². The zero-order chi connectivity index (χ0) is 20.5. The van der Waals surface area contributed by atoms with Crippen LogP contribution in [0, 0.1) is 13.8 Å². The lowest BCUT2D eigenvalue weighted by Crippen LogP contribution is -2.25. The van der Waals surface area contributed by atoms with Crippen molar-refractivity contribution in [1.29, 1.82) is 0 Å². The number of benzene rings is 2. The van der Waals surface area contributed by atoms with Crippen LogP contribution >= 0.6 is 0 Å². The smallest absolute Gasteiger partial charge is 0.352 e. The van der Waals surface area contributed by atoms with Crippen LogP contribution in [-0.2, 0) is 4.79 Å². The number of aromatic nitrogens is 3. The molecule has 8 heteroatoms. The Labute approximate surface area is 166 Å². The average Bonchev–Trinajstić information content (AvgIpc) is 3.14. The number of hydrogen-bond donors (Lipinski definition) is 3. The number of nitrogens with zero attached hydrogens (tertiary/aromatic N) is 3. The van der Waals surface area contributed by atoms with Gasteiger partial charge in [0.2, 0.25) is 0 Å². The van der Waals surface area contributed by atoms with Crippen LogP contribution < -0.4 is 10.6 Å². The highest BCUT2D eigenvalue weighted by molar-refractivity contribution is 6.07. The number of nitrogens with one attached hydrogen (secondary N) is 2. The second-order valence-electron chi connectivity index (χ2n) is 6.92. The van der Waals surface area contributed by atoms with E-state index in [0.717, 1.165) is 16.7 Å². The summed E-state index contributed by atoms with van der Waals surface area (Å²) in [5.41, 5.74) is 3.60.